The summed E-state index contributed by atoms with van der Waals surface area (Å²) in [6.45, 7) is 4.78. The van der Waals surface area contributed by atoms with E-state index in [4.69, 9.17) is 4.74 Å². The van der Waals surface area contributed by atoms with Crippen LogP contribution in [0.1, 0.15) is 17.5 Å². The molecule has 3 rings (SSSR count). The van der Waals surface area contributed by atoms with E-state index in [1.165, 1.54) is 5.56 Å². The van der Waals surface area contributed by atoms with Gasteiger partial charge >= 0.3 is 0 Å². The van der Waals surface area contributed by atoms with Crippen LogP contribution in [0.25, 0.3) is 0 Å². The van der Waals surface area contributed by atoms with Crippen LogP contribution in [-0.2, 0) is 13.1 Å². The second-order valence-corrected chi connectivity index (χ2v) is 6.86. The quantitative estimate of drug-likeness (QED) is 0.798. The smallest absolute Gasteiger partial charge is 0.160 e. The SMILES string of the molecule is COc1ccc(CN2CCN(Cc3ccccc3)[C@@H](CCO)C2)cc1O. The second kappa shape index (κ2) is 9.03. The maximum absolute atomic E-state index is 9.98. The van der Waals surface area contributed by atoms with Gasteiger partial charge in [-0.15, -0.1) is 0 Å². The van der Waals surface area contributed by atoms with Gasteiger partial charge in [-0.05, 0) is 29.7 Å². The Balaban J connectivity index is 1.62. The van der Waals surface area contributed by atoms with Crippen LogP contribution in [0.4, 0.5) is 0 Å². The summed E-state index contributed by atoms with van der Waals surface area (Å²) in [5.74, 6) is 0.680. The summed E-state index contributed by atoms with van der Waals surface area (Å²) in [4.78, 5) is 4.86. The molecule has 1 aliphatic rings. The van der Waals surface area contributed by atoms with E-state index in [0.29, 0.717) is 11.8 Å². The van der Waals surface area contributed by atoms with Crippen LogP contribution >= 0.6 is 0 Å². The highest BCUT2D eigenvalue weighted by atomic mass is 16.5. The first-order chi connectivity index (χ1) is 12.7. The minimum atomic E-state index is 0.180. The van der Waals surface area contributed by atoms with E-state index in [1.807, 2.05) is 18.2 Å². The number of hydrogen-bond donors (Lipinski definition) is 2. The minimum absolute atomic E-state index is 0.180. The van der Waals surface area contributed by atoms with Crippen molar-refractivity contribution >= 4 is 0 Å². The monoisotopic (exact) mass is 356 g/mol. The zero-order valence-corrected chi connectivity index (χ0v) is 15.3. The van der Waals surface area contributed by atoms with Gasteiger partial charge in [0.15, 0.2) is 11.5 Å². The molecule has 2 aromatic rings. The van der Waals surface area contributed by atoms with Crippen molar-refractivity contribution in [1.82, 2.24) is 9.80 Å². The molecule has 1 saturated heterocycles. The maximum Gasteiger partial charge on any atom is 0.160 e. The van der Waals surface area contributed by atoms with Crippen LogP contribution < -0.4 is 4.74 Å². The topological polar surface area (TPSA) is 56.2 Å². The van der Waals surface area contributed by atoms with Gasteiger partial charge in [-0.3, -0.25) is 9.80 Å². The number of rotatable bonds is 7. The van der Waals surface area contributed by atoms with E-state index in [1.54, 1.807) is 13.2 Å². The molecule has 2 aromatic carbocycles. The van der Waals surface area contributed by atoms with Crippen molar-refractivity contribution in [3.05, 3.63) is 59.7 Å². The third-order valence-corrected chi connectivity index (χ3v) is 5.03. The first kappa shape index (κ1) is 18.7. The lowest BCUT2D eigenvalue weighted by atomic mass is 10.1. The molecule has 1 atom stereocenters. The van der Waals surface area contributed by atoms with Crippen LogP contribution in [0.2, 0.25) is 0 Å². The Hall–Kier alpha value is -2.08. The molecule has 1 heterocycles. The fourth-order valence-corrected chi connectivity index (χ4v) is 3.64. The number of piperazine rings is 1. The van der Waals surface area contributed by atoms with Crippen LogP contribution in [0.3, 0.4) is 0 Å². The molecule has 0 saturated carbocycles. The van der Waals surface area contributed by atoms with Gasteiger partial charge < -0.3 is 14.9 Å². The number of hydrogen-bond acceptors (Lipinski definition) is 5. The summed E-state index contributed by atoms with van der Waals surface area (Å²) >= 11 is 0. The van der Waals surface area contributed by atoms with Gasteiger partial charge in [-0.2, -0.15) is 0 Å². The van der Waals surface area contributed by atoms with E-state index in [0.717, 1.165) is 44.7 Å². The molecule has 0 bridgehead atoms. The number of aliphatic hydroxyl groups is 1. The summed E-state index contributed by atoms with van der Waals surface area (Å²) in [6.07, 6.45) is 0.775. The number of ether oxygens (including phenoxy) is 1. The Kier molecular flexibility index (Phi) is 6.50. The summed E-state index contributed by atoms with van der Waals surface area (Å²) in [7, 11) is 1.56. The van der Waals surface area contributed by atoms with E-state index in [9.17, 15) is 10.2 Å². The van der Waals surface area contributed by atoms with Crippen LogP contribution in [0.5, 0.6) is 11.5 Å². The fraction of sp³-hybridized carbons (Fsp3) is 0.429. The number of nitrogens with zero attached hydrogens (tertiary/aromatic N) is 2. The zero-order chi connectivity index (χ0) is 18.4. The van der Waals surface area contributed by atoms with E-state index in [2.05, 4.69) is 34.1 Å². The molecular weight excluding hydrogens is 328 g/mol. The van der Waals surface area contributed by atoms with E-state index in [-0.39, 0.29) is 12.4 Å². The predicted octanol–water partition coefficient (Wildman–Crippen LogP) is 2.47. The van der Waals surface area contributed by atoms with Crippen LogP contribution in [0, 0.1) is 0 Å². The molecule has 26 heavy (non-hydrogen) atoms. The van der Waals surface area contributed by atoms with Crippen molar-refractivity contribution < 1.29 is 14.9 Å². The van der Waals surface area contributed by atoms with E-state index >= 15 is 0 Å². The summed E-state index contributed by atoms with van der Waals surface area (Å²) in [5, 5.41) is 19.5. The normalized spacial score (nSPS) is 18.8. The zero-order valence-electron chi connectivity index (χ0n) is 15.3. The molecule has 0 aliphatic carbocycles. The number of benzene rings is 2. The lowest BCUT2D eigenvalue weighted by Crippen LogP contribution is -2.52. The fourth-order valence-electron chi connectivity index (χ4n) is 3.64. The van der Waals surface area contributed by atoms with Crippen LogP contribution in [-0.4, -0.2) is 59.4 Å². The van der Waals surface area contributed by atoms with Crippen molar-refractivity contribution in [3.8, 4) is 11.5 Å². The molecule has 1 aliphatic heterocycles. The molecule has 0 spiro atoms. The molecule has 0 aromatic heterocycles. The summed E-state index contributed by atoms with van der Waals surface area (Å²) in [6, 6.07) is 16.4. The number of aromatic hydroxyl groups is 1. The lowest BCUT2D eigenvalue weighted by molar-refractivity contribution is 0.0499. The number of phenolic OH excluding ortho intramolecular Hbond substituents is 1. The van der Waals surface area contributed by atoms with Gasteiger partial charge in [0.25, 0.3) is 0 Å². The standard InChI is InChI=1S/C21H28N2O3/c1-26-21-8-7-18(13-20(21)25)14-22-10-11-23(19(16-22)9-12-24)15-17-5-3-2-4-6-17/h2-8,13,19,24-25H,9-12,14-16H2,1H3/t19-/m0/s1. The van der Waals surface area contributed by atoms with Crippen molar-refractivity contribution in [2.45, 2.75) is 25.6 Å². The average molecular weight is 356 g/mol. The lowest BCUT2D eigenvalue weighted by Gasteiger charge is -2.41. The highest BCUT2D eigenvalue weighted by Gasteiger charge is 2.26. The van der Waals surface area contributed by atoms with Gasteiger partial charge in [-0.1, -0.05) is 36.4 Å². The Bertz CT molecular complexity index is 693. The largest absolute Gasteiger partial charge is 0.504 e. The number of phenols is 1. The summed E-state index contributed by atoms with van der Waals surface area (Å²) < 4.78 is 5.11. The van der Waals surface area contributed by atoms with Gasteiger partial charge in [-0.25, -0.2) is 0 Å². The first-order valence-corrected chi connectivity index (χ1v) is 9.16. The minimum Gasteiger partial charge on any atom is -0.504 e. The first-order valence-electron chi connectivity index (χ1n) is 9.16. The van der Waals surface area contributed by atoms with Crippen molar-refractivity contribution in [2.24, 2.45) is 0 Å². The third-order valence-electron chi connectivity index (χ3n) is 5.03. The number of methoxy groups -OCH3 is 1. The average Bonchev–Trinajstić information content (AvgIpc) is 2.65. The molecule has 140 valence electrons. The molecule has 0 radical (unpaired) electrons. The molecular formula is C21H28N2O3. The molecule has 5 heteroatoms. The molecule has 0 amide bonds. The molecule has 0 unspecified atom stereocenters. The Morgan fingerprint density at radius 3 is 2.54 bits per heavy atom. The van der Waals surface area contributed by atoms with E-state index < -0.39 is 0 Å². The van der Waals surface area contributed by atoms with Crippen LogP contribution in [0.15, 0.2) is 48.5 Å². The van der Waals surface area contributed by atoms with Gasteiger partial charge in [0.1, 0.15) is 0 Å². The Morgan fingerprint density at radius 1 is 1.04 bits per heavy atom. The van der Waals surface area contributed by atoms with Crippen molar-refractivity contribution in [2.75, 3.05) is 33.4 Å². The molecule has 1 fully saturated rings. The molecule has 2 N–H and O–H groups in total. The molecule has 5 nitrogen and oxygen atoms in total. The third kappa shape index (κ3) is 4.75. The summed E-state index contributed by atoms with van der Waals surface area (Å²) in [5.41, 5.74) is 2.38. The second-order valence-electron chi connectivity index (χ2n) is 6.86. The number of aliphatic hydroxyl groups excluding tert-OH is 1. The van der Waals surface area contributed by atoms with Crippen molar-refractivity contribution in [1.29, 1.82) is 0 Å². The highest BCUT2D eigenvalue weighted by molar-refractivity contribution is 5.41. The maximum atomic E-state index is 9.98. The predicted molar refractivity (Wildman–Crippen MR) is 102 cm³/mol. The highest BCUT2D eigenvalue weighted by Crippen LogP contribution is 2.27. The Morgan fingerprint density at radius 2 is 1.85 bits per heavy atom. The van der Waals surface area contributed by atoms with Gasteiger partial charge in [0, 0.05) is 45.4 Å². The van der Waals surface area contributed by atoms with Gasteiger partial charge in [0.2, 0.25) is 0 Å². The Labute approximate surface area is 155 Å². The van der Waals surface area contributed by atoms with Crippen molar-refractivity contribution in [3.63, 3.8) is 0 Å². The van der Waals surface area contributed by atoms with Gasteiger partial charge in [0.05, 0.1) is 7.11 Å².